The molecule has 0 atom stereocenters. The topological polar surface area (TPSA) is 90.3 Å². The minimum Gasteiger partial charge on any atom is -0.355 e. The van der Waals surface area contributed by atoms with Crippen LogP contribution in [0.2, 0.25) is 0 Å². The average Bonchev–Trinajstić information content (AvgIpc) is 2.45. The zero-order chi connectivity index (χ0) is 15.2. The minimum atomic E-state index is -3.72. The summed E-state index contributed by atoms with van der Waals surface area (Å²) in [5.41, 5.74) is 0.382. The summed E-state index contributed by atoms with van der Waals surface area (Å²) in [6, 6.07) is 7.49. The number of nitrogens with zero attached hydrogens (tertiary/aromatic N) is 2. The fourth-order valence-corrected chi connectivity index (χ4v) is 2.62. The molecule has 20 heavy (non-hydrogen) atoms. The number of nitriles is 1. The van der Waals surface area contributed by atoms with E-state index < -0.39 is 10.0 Å². The van der Waals surface area contributed by atoms with E-state index in [1.807, 2.05) is 13.0 Å². The molecule has 0 spiro atoms. The van der Waals surface area contributed by atoms with Gasteiger partial charge < -0.3 is 5.32 Å². The summed E-state index contributed by atoms with van der Waals surface area (Å²) in [4.78, 5) is 11.6. The summed E-state index contributed by atoms with van der Waals surface area (Å²) in [7, 11) is -2.37. The maximum absolute atomic E-state index is 12.2. The minimum absolute atomic E-state index is 0.0577. The van der Waals surface area contributed by atoms with Gasteiger partial charge >= 0.3 is 0 Å². The fraction of sp³-hybridized carbons (Fsp3) is 0.385. The molecule has 1 aromatic carbocycles. The van der Waals surface area contributed by atoms with E-state index in [-0.39, 0.29) is 17.3 Å². The van der Waals surface area contributed by atoms with Gasteiger partial charge in [-0.1, -0.05) is 6.92 Å². The molecule has 0 heterocycles. The Hall–Kier alpha value is -1.91. The number of nitrogens with one attached hydrogen (secondary N) is 1. The van der Waals surface area contributed by atoms with Crippen LogP contribution in [0.5, 0.6) is 0 Å². The highest BCUT2D eigenvalue weighted by atomic mass is 32.2. The lowest BCUT2D eigenvalue weighted by Gasteiger charge is -2.16. The molecular weight excluding hydrogens is 278 g/mol. The Kier molecular flexibility index (Phi) is 5.67. The third-order valence-electron chi connectivity index (χ3n) is 2.63. The first-order valence-electron chi connectivity index (χ1n) is 6.15. The summed E-state index contributed by atoms with van der Waals surface area (Å²) in [5.74, 6) is -0.341. The number of carbonyl (C=O) groups excluding carboxylic acids is 1. The van der Waals surface area contributed by atoms with Gasteiger partial charge in [0.05, 0.1) is 23.1 Å². The molecule has 0 unspecified atom stereocenters. The number of rotatable bonds is 6. The Morgan fingerprint density at radius 3 is 2.45 bits per heavy atom. The molecule has 0 aliphatic carbocycles. The van der Waals surface area contributed by atoms with Crippen molar-refractivity contribution in [2.24, 2.45) is 0 Å². The third-order valence-corrected chi connectivity index (χ3v) is 4.45. The van der Waals surface area contributed by atoms with Gasteiger partial charge in [0.1, 0.15) is 0 Å². The molecular formula is C13H17N3O3S. The molecule has 1 rings (SSSR count). The number of sulfonamides is 1. The lowest BCUT2D eigenvalue weighted by atomic mass is 10.2. The molecule has 1 N–H and O–H groups in total. The van der Waals surface area contributed by atoms with Gasteiger partial charge in [0.25, 0.3) is 0 Å². The summed E-state index contributed by atoms with van der Waals surface area (Å²) < 4.78 is 25.4. The predicted molar refractivity (Wildman–Crippen MR) is 74.3 cm³/mol. The van der Waals surface area contributed by atoms with Crippen molar-refractivity contribution in [3.63, 3.8) is 0 Å². The van der Waals surface area contributed by atoms with Crippen LogP contribution in [-0.2, 0) is 14.8 Å². The molecule has 0 radical (unpaired) electrons. The Morgan fingerprint density at radius 2 is 1.95 bits per heavy atom. The quantitative estimate of drug-likeness (QED) is 0.836. The van der Waals surface area contributed by atoms with E-state index in [2.05, 4.69) is 5.32 Å². The van der Waals surface area contributed by atoms with Gasteiger partial charge in [-0.05, 0) is 30.7 Å². The monoisotopic (exact) mass is 295 g/mol. The maximum Gasteiger partial charge on any atom is 0.243 e. The van der Waals surface area contributed by atoms with Gasteiger partial charge in [0.15, 0.2) is 0 Å². The highest BCUT2D eigenvalue weighted by Crippen LogP contribution is 2.14. The van der Waals surface area contributed by atoms with Crippen LogP contribution in [-0.4, -0.2) is 38.8 Å². The van der Waals surface area contributed by atoms with Gasteiger partial charge in [-0.3, -0.25) is 4.79 Å². The highest BCUT2D eigenvalue weighted by Gasteiger charge is 2.22. The zero-order valence-electron chi connectivity index (χ0n) is 11.5. The van der Waals surface area contributed by atoms with E-state index in [9.17, 15) is 13.2 Å². The van der Waals surface area contributed by atoms with Crippen LogP contribution in [0.25, 0.3) is 0 Å². The standard InChI is InChI=1S/C13H17N3O3S/c1-3-8-15-13(17)10-16(2)20(18,19)12-6-4-11(9-14)5-7-12/h4-7H,3,8,10H2,1-2H3,(H,15,17). The van der Waals surface area contributed by atoms with Crippen molar-refractivity contribution in [3.8, 4) is 6.07 Å². The number of likely N-dealkylation sites (N-methyl/N-ethyl adjacent to an activating group) is 1. The molecule has 0 bridgehead atoms. The number of amides is 1. The van der Waals surface area contributed by atoms with Crippen LogP contribution in [0.3, 0.4) is 0 Å². The normalized spacial score (nSPS) is 11.1. The number of carbonyl (C=O) groups is 1. The van der Waals surface area contributed by atoms with Crippen molar-refractivity contribution in [2.45, 2.75) is 18.2 Å². The SMILES string of the molecule is CCCNC(=O)CN(C)S(=O)(=O)c1ccc(C#N)cc1. The van der Waals surface area contributed by atoms with Crippen LogP contribution in [0.4, 0.5) is 0 Å². The first-order valence-corrected chi connectivity index (χ1v) is 7.59. The number of hydrogen-bond acceptors (Lipinski definition) is 4. The van der Waals surface area contributed by atoms with Crippen molar-refractivity contribution in [1.82, 2.24) is 9.62 Å². The second kappa shape index (κ2) is 7.03. The molecule has 0 saturated heterocycles. The Bertz CT molecular complexity index is 603. The van der Waals surface area contributed by atoms with E-state index in [1.165, 1.54) is 31.3 Å². The molecule has 0 fully saturated rings. The number of benzene rings is 1. The maximum atomic E-state index is 12.2. The lowest BCUT2D eigenvalue weighted by Crippen LogP contribution is -2.38. The smallest absolute Gasteiger partial charge is 0.243 e. The van der Waals surface area contributed by atoms with Gasteiger partial charge in [-0.15, -0.1) is 0 Å². The summed E-state index contributed by atoms with van der Waals surface area (Å²) in [5, 5.41) is 11.3. The molecule has 108 valence electrons. The molecule has 6 nitrogen and oxygen atoms in total. The molecule has 0 aliphatic heterocycles. The fourth-order valence-electron chi connectivity index (χ4n) is 1.49. The zero-order valence-corrected chi connectivity index (χ0v) is 12.3. The summed E-state index contributed by atoms with van der Waals surface area (Å²) in [6.45, 7) is 2.20. The van der Waals surface area contributed by atoms with Crippen molar-refractivity contribution >= 4 is 15.9 Å². The van der Waals surface area contributed by atoms with Crippen LogP contribution in [0.15, 0.2) is 29.2 Å². The molecule has 1 aromatic rings. The number of hydrogen-bond donors (Lipinski definition) is 1. The first-order chi connectivity index (χ1) is 9.41. The third kappa shape index (κ3) is 4.05. The Morgan fingerprint density at radius 1 is 1.35 bits per heavy atom. The molecule has 7 heteroatoms. The molecule has 0 aromatic heterocycles. The highest BCUT2D eigenvalue weighted by molar-refractivity contribution is 7.89. The van der Waals surface area contributed by atoms with Gasteiger partial charge in [0, 0.05) is 13.6 Å². The second-order valence-corrected chi connectivity index (χ2v) is 6.29. The summed E-state index contributed by atoms with van der Waals surface area (Å²) >= 11 is 0. The molecule has 0 aliphatic rings. The van der Waals surface area contributed by atoms with Crippen LogP contribution < -0.4 is 5.32 Å². The first kappa shape index (κ1) is 16.1. The lowest BCUT2D eigenvalue weighted by molar-refractivity contribution is -0.121. The van der Waals surface area contributed by atoms with Crippen LogP contribution in [0, 0.1) is 11.3 Å². The van der Waals surface area contributed by atoms with Crippen molar-refractivity contribution in [3.05, 3.63) is 29.8 Å². The van der Waals surface area contributed by atoms with Crippen molar-refractivity contribution in [2.75, 3.05) is 20.1 Å². The van der Waals surface area contributed by atoms with Crippen molar-refractivity contribution in [1.29, 1.82) is 5.26 Å². The van der Waals surface area contributed by atoms with Crippen LogP contribution in [0.1, 0.15) is 18.9 Å². The Labute approximate surface area is 119 Å². The largest absolute Gasteiger partial charge is 0.355 e. The average molecular weight is 295 g/mol. The molecule has 1 amide bonds. The second-order valence-electron chi connectivity index (χ2n) is 4.25. The van der Waals surface area contributed by atoms with Gasteiger partial charge in [0.2, 0.25) is 15.9 Å². The summed E-state index contributed by atoms with van der Waals surface area (Å²) in [6.07, 6.45) is 0.790. The van der Waals surface area contributed by atoms with E-state index in [1.54, 1.807) is 0 Å². The van der Waals surface area contributed by atoms with Crippen molar-refractivity contribution < 1.29 is 13.2 Å². The molecule has 0 saturated carbocycles. The predicted octanol–water partition coefficient (Wildman–Crippen LogP) is 0.705. The van der Waals surface area contributed by atoms with Gasteiger partial charge in [-0.25, -0.2) is 8.42 Å². The van der Waals surface area contributed by atoms with E-state index in [0.29, 0.717) is 12.1 Å². The van der Waals surface area contributed by atoms with E-state index >= 15 is 0 Å². The van der Waals surface area contributed by atoms with E-state index in [4.69, 9.17) is 5.26 Å². The van der Waals surface area contributed by atoms with Gasteiger partial charge in [-0.2, -0.15) is 9.57 Å². The van der Waals surface area contributed by atoms with Crippen LogP contribution >= 0.6 is 0 Å². The van der Waals surface area contributed by atoms with E-state index in [0.717, 1.165) is 10.7 Å². The Balaban J connectivity index is 2.81.